The molecule has 114 valence electrons. The molecule has 1 aromatic rings. The highest BCUT2D eigenvalue weighted by molar-refractivity contribution is 8.23. The fourth-order valence-corrected chi connectivity index (χ4v) is 4.29. The van der Waals surface area contributed by atoms with Crippen molar-refractivity contribution in [1.82, 2.24) is 9.21 Å². The lowest BCUT2D eigenvalue weighted by Gasteiger charge is -2.49. The Bertz CT molecular complexity index is 433. The molecule has 0 bridgehead atoms. The van der Waals surface area contributed by atoms with E-state index in [9.17, 15) is 9.66 Å². The van der Waals surface area contributed by atoms with Gasteiger partial charge >= 0.3 is 0 Å². The van der Waals surface area contributed by atoms with Crippen molar-refractivity contribution in [2.24, 2.45) is 0 Å². The summed E-state index contributed by atoms with van der Waals surface area (Å²) >= 11 is 0. The van der Waals surface area contributed by atoms with E-state index in [-0.39, 0.29) is 5.75 Å². The number of piperazine rings is 1. The predicted octanol–water partition coefficient (Wildman–Crippen LogP) is 2.53. The van der Waals surface area contributed by atoms with Crippen LogP contribution in [0.3, 0.4) is 0 Å². The van der Waals surface area contributed by atoms with Gasteiger partial charge in [0.15, 0.2) is 0 Å². The summed E-state index contributed by atoms with van der Waals surface area (Å²) < 4.78 is 18.4. The van der Waals surface area contributed by atoms with Crippen LogP contribution in [0.25, 0.3) is 0 Å². The van der Waals surface area contributed by atoms with Crippen LogP contribution < -0.4 is 0 Å². The molecular weight excluding hydrogens is 276 g/mol. The molecular formula is C14H24N2O3S. The Morgan fingerprint density at radius 3 is 2.10 bits per heavy atom. The second-order valence-corrected chi connectivity index (χ2v) is 7.53. The molecule has 6 heteroatoms. The number of phenols is 1. The smallest absolute Gasteiger partial charge is 0.115 e. The number of aromatic hydroxyl groups is 1. The first-order chi connectivity index (χ1) is 9.47. The van der Waals surface area contributed by atoms with Crippen molar-refractivity contribution in [1.29, 1.82) is 0 Å². The number of rotatable bonds is 4. The number of benzene rings is 1. The molecule has 2 rings (SSSR count). The van der Waals surface area contributed by atoms with Gasteiger partial charge in [0.05, 0.1) is 12.0 Å². The van der Waals surface area contributed by atoms with E-state index in [1.807, 2.05) is 4.31 Å². The number of hydrogen-bond acceptors (Lipinski definition) is 5. The van der Waals surface area contributed by atoms with Crippen molar-refractivity contribution in [2.45, 2.75) is 24.8 Å². The summed E-state index contributed by atoms with van der Waals surface area (Å²) in [6.45, 7) is 7.77. The molecule has 1 atom stereocenters. The van der Waals surface area contributed by atoms with Crippen LogP contribution in [0, 0.1) is 0 Å². The molecule has 0 amide bonds. The molecule has 1 aliphatic rings. The zero-order valence-electron chi connectivity index (χ0n) is 12.3. The van der Waals surface area contributed by atoms with Crippen LogP contribution >= 0.6 is 10.8 Å². The minimum atomic E-state index is -2.43. The first kappa shape index (κ1) is 15.6. The van der Waals surface area contributed by atoms with E-state index in [1.165, 1.54) is 7.11 Å². The predicted molar refractivity (Wildman–Crippen MR) is 81.9 cm³/mol. The van der Waals surface area contributed by atoms with Gasteiger partial charge in [-0.1, -0.05) is 0 Å². The molecule has 5 nitrogen and oxygen atoms in total. The van der Waals surface area contributed by atoms with Crippen LogP contribution in [-0.4, -0.2) is 58.2 Å². The summed E-state index contributed by atoms with van der Waals surface area (Å²) in [5, 5.41) is 9.37. The van der Waals surface area contributed by atoms with E-state index in [4.69, 9.17) is 4.18 Å². The van der Waals surface area contributed by atoms with E-state index in [0.29, 0.717) is 6.04 Å². The van der Waals surface area contributed by atoms with Crippen molar-refractivity contribution >= 4 is 10.8 Å². The lowest BCUT2D eigenvalue weighted by molar-refractivity contribution is 0.144. The molecule has 0 spiro atoms. The molecule has 1 aliphatic heterocycles. The van der Waals surface area contributed by atoms with Gasteiger partial charge in [0.1, 0.15) is 5.75 Å². The zero-order valence-corrected chi connectivity index (χ0v) is 13.1. The minimum absolute atomic E-state index is 0.191. The van der Waals surface area contributed by atoms with Gasteiger partial charge in [-0.25, -0.2) is 0 Å². The van der Waals surface area contributed by atoms with Gasteiger partial charge in [0.2, 0.25) is 0 Å². The average Bonchev–Trinajstić information content (AvgIpc) is 2.47. The molecule has 1 unspecified atom stereocenters. The van der Waals surface area contributed by atoms with Crippen molar-refractivity contribution in [3.8, 4) is 5.75 Å². The lowest BCUT2D eigenvalue weighted by atomic mass is 10.3. The third-order valence-electron chi connectivity index (χ3n) is 3.73. The Balaban J connectivity index is 2.13. The van der Waals surface area contributed by atoms with E-state index < -0.39 is 10.8 Å². The molecule has 1 saturated heterocycles. The first-order valence-corrected chi connectivity index (χ1v) is 8.34. The summed E-state index contributed by atoms with van der Waals surface area (Å²) in [4.78, 5) is 3.11. The SMILES string of the molecule is COS(O)(c1ccc(O)cc1)N1CCN(C(C)C)CC1. The van der Waals surface area contributed by atoms with Gasteiger partial charge in [0, 0.05) is 32.2 Å². The number of phenolic OH excluding ortho intramolecular Hbond substituents is 1. The van der Waals surface area contributed by atoms with Crippen LogP contribution in [-0.2, 0) is 4.18 Å². The van der Waals surface area contributed by atoms with E-state index in [2.05, 4.69) is 18.7 Å². The number of hydrogen-bond donors (Lipinski definition) is 2. The Kier molecular flexibility index (Phi) is 4.93. The van der Waals surface area contributed by atoms with Gasteiger partial charge in [-0.15, -0.1) is 10.8 Å². The molecule has 0 aliphatic carbocycles. The Hall–Kier alpha value is -0.790. The van der Waals surface area contributed by atoms with Crippen molar-refractivity contribution in [2.75, 3.05) is 33.3 Å². The summed E-state index contributed by atoms with van der Waals surface area (Å²) in [5.74, 6) is 0.191. The van der Waals surface area contributed by atoms with Crippen molar-refractivity contribution in [3.63, 3.8) is 0 Å². The van der Waals surface area contributed by atoms with Gasteiger partial charge < -0.3 is 5.11 Å². The second-order valence-electron chi connectivity index (χ2n) is 5.22. The van der Waals surface area contributed by atoms with Crippen LogP contribution in [0.1, 0.15) is 13.8 Å². The number of nitrogens with zero attached hydrogens (tertiary/aromatic N) is 2. The Morgan fingerprint density at radius 2 is 1.65 bits per heavy atom. The fraction of sp³-hybridized carbons (Fsp3) is 0.571. The third-order valence-corrected chi connectivity index (χ3v) is 6.15. The van der Waals surface area contributed by atoms with Crippen LogP contribution in [0.2, 0.25) is 0 Å². The Labute approximate surface area is 122 Å². The van der Waals surface area contributed by atoms with Crippen molar-refractivity contribution in [3.05, 3.63) is 24.3 Å². The quantitative estimate of drug-likeness (QED) is 0.895. The minimum Gasteiger partial charge on any atom is -0.508 e. The maximum Gasteiger partial charge on any atom is 0.115 e. The molecule has 1 aromatic carbocycles. The maximum atomic E-state index is 10.9. The highest BCUT2D eigenvalue weighted by atomic mass is 32.3. The molecule has 0 radical (unpaired) electrons. The van der Waals surface area contributed by atoms with Gasteiger partial charge in [-0.3, -0.25) is 13.6 Å². The molecule has 1 fully saturated rings. The molecule has 1 heterocycles. The van der Waals surface area contributed by atoms with E-state index in [1.54, 1.807) is 24.3 Å². The maximum absolute atomic E-state index is 10.9. The summed E-state index contributed by atoms with van der Waals surface area (Å²) in [6.07, 6.45) is 0. The molecule has 2 N–H and O–H groups in total. The van der Waals surface area contributed by atoms with Crippen molar-refractivity contribution < 1.29 is 13.8 Å². The highest BCUT2D eigenvalue weighted by Crippen LogP contribution is 2.55. The second kappa shape index (κ2) is 6.32. The van der Waals surface area contributed by atoms with Gasteiger partial charge in [-0.05, 0) is 38.1 Å². The molecule has 20 heavy (non-hydrogen) atoms. The summed E-state index contributed by atoms with van der Waals surface area (Å²) in [7, 11) is -0.889. The fourth-order valence-electron chi connectivity index (χ4n) is 2.44. The van der Waals surface area contributed by atoms with E-state index >= 15 is 0 Å². The summed E-state index contributed by atoms with van der Waals surface area (Å²) in [5.41, 5.74) is 0. The van der Waals surface area contributed by atoms with Crippen LogP contribution in [0.15, 0.2) is 29.2 Å². The van der Waals surface area contributed by atoms with Gasteiger partial charge in [-0.2, -0.15) is 4.31 Å². The Morgan fingerprint density at radius 1 is 1.10 bits per heavy atom. The normalized spacial score (nSPS) is 22.6. The monoisotopic (exact) mass is 300 g/mol. The molecule has 0 aromatic heterocycles. The first-order valence-electron chi connectivity index (χ1n) is 6.87. The molecule has 0 saturated carbocycles. The van der Waals surface area contributed by atoms with Crippen LogP contribution in [0.4, 0.5) is 0 Å². The standard InChI is InChI=1S/C14H24N2O3S/c1-12(2)15-8-10-16(11-9-15)20(18,19-3)14-6-4-13(17)5-7-14/h4-7,12,17-18H,8-11H2,1-3H3. The average molecular weight is 300 g/mol. The van der Waals surface area contributed by atoms with Gasteiger partial charge in [0.25, 0.3) is 0 Å². The van der Waals surface area contributed by atoms with E-state index in [0.717, 1.165) is 31.1 Å². The third kappa shape index (κ3) is 3.10. The zero-order chi connectivity index (χ0) is 14.8. The topological polar surface area (TPSA) is 56.2 Å². The van der Waals surface area contributed by atoms with Crippen LogP contribution in [0.5, 0.6) is 5.75 Å². The lowest BCUT2D eigenvalue weighted by Crippen LogP contribution is -2.49. The summed E-state index contributed by atoms with van der Waals surface area (Å²) in [6, 6.07) is 7.13. The highest BCUT2D eigenvalue weighted by Gasteiger charge is 2.31. The largest absolute Gasteiger partial charge is 0.508 e.